The third-order valence-electron chi connectivity index (χ3n) is 8.51. The molecule has 3 atom stereocenters. The molecule has 232 valence electrons. The summed E-state index contributed by atoms with van der Waals surface area (Å²) in [7, 11) is 0. The minimum absolute atomic E-state index is 0.317. The van der Waals surface area contributed by atoms with E-state index in [0.29, 0.717) is 32.2 Å². The Labute approximate surface area is 253 Å². The second kappa shape index (κ2) is 14.1. The van der Waals surface area contributed by atoms with E-state index in [1.54, 1.807) is 6.92 Å². The Morgan fingerprint density at radius 2 is 1.84 bits per heavy atom. The standard InChI is InChI=1S/C33H45N5O5/c1-5-25-14-13-24-12-11-23(20-27(24)36-25)15-18-33(16-7-6-8-17-33)32(42)43-28(21(2)3)30(40)35-22(4)31(41)38-19-9-10-26(37-38)29(34)39/h11-15,18,20-22,26,28,37H,5-10,16-17,19H2,1-4H3,(H2,34,39)(H,35,40)/b18-15+. The number of rotatable bonds is 10. The number of primary amides is 1. The molecule has 1 aliphatic carbocycles. The van der Waals surface area contributed by atoms with Crippen LogP contribution in [0.4, 0.5) is 0 Å². The zero-order valence-corrected chi connectivity index (χ0v) is 25.7. The van der Waals surface area contributed by atoms with E-state index < -0.39 is 47.3 Å². The van der Waals surface area contributed by atoms with Crippen LogP contribution in [0.15, 0.2) is 36.4 Å². The Hall–Kier alpha value is -3.79. The van der Waals surface area contributed by atoms with Crippen LogP contribution in [0.1, 0.15) is 83.9 Å². The van der Waals surface area contributed by atoms with Gasteiger partial charge in [-0.05, 0) is 62.6 Å². The maximum Gasteiger partial charge on any atom is 0.316 e. The largest absolute Gasteiger partial charge is 0.451 e. The summed E-state index contributed by atoms with van der Waals surface area (Å²) >= 11 is 0. The molecule has 1 saturated carbocycles. The summed E-state index contributed by atoms with van der Waals surface area (Å²) in [6.45, 7) is 7.66. The van der Waals surface area contributed by atoms with Gasteiger partial charge in [0.2, 0.25) is 5.91 Å². The van der Waals surface area contributed by atoms with E-state index >= 15 is 0 Å². The van der Waals surface area contributed by atoms with Gasteiger partial charge in [0.05, 0.1) is 10.9 Å². The number of nitrogens with one attached hydrogen (secondary N) is 2. The van der Waals surface area contributed by atoms with Crippen LogP contribution >= 0.6 is 0 Å². The average molecular weight is 592 g/mol. The highest BCUT2D eigenvalue weighted by Crippen LogP contribution is 2.40. The molecular formula is C33H45N5O5. The molecule has 2 heterocycles. The first kappa shape index (κ1) is 32.1. The molecule has 2 aromatic rings. The topological polar surface area (TPSA) is 144 Å². The van der Waals surface area contributed by atoms with Crippen molar-refractivity contribution in [3.63, 3.8) is 0 Å². The predicted molar refractivity (Wildman–Crippen MR) is 165 cm³/mol. The van der Waals surface area contributed by atoms with Crippen LogP contribution in [0.5, 0.6) is 0 Å². The first-order valence-corrected chi connectivity index (χ1v) is 15.5. The monoisotopic (exact) mass is 591 g/mol. The molecule has 1 aliphatic heterocycles. The number of ether oxygens (including phenoxy) is 1. The number of hydrazine groups is 1. The van der Waals surface area contributed by atoms with Crippen molar-refractivity contribution >= 4 is 40.7 Å². The first-order chi connectivity index (χ1) is 20.5. The van der Waals surface area contributed by atoms with Crippen LogP contribution in [-0.2, 0) is 30.3 Å². The lowest BCUT2D eigenvalue weighted by Gasteiger charge is -2.35. The lowest BCUT2D eigenvalue weighted by molar-refractivity contribution is -0.168. The predicted octanol–water partition coefficient (Wildman–Crippen LogP) is 3.81. The molecule has 2 aliphatic rings. The normalized spacial score (nSPS) is 20.1. The van der Waals surface area contributed by atoms with E-state index in [-0.39, 0.29) is 5.92 Å². The number of fused-ring (bicyclic) bond motifs is 1. The summed E-state index contributed by atoms with van der Waals surface area (Å²) in [5, 5.41) is 5.10. The lowest BCUT2D eigenvalue weighted by atomic mass is 9.73. The van der Waals surface area contributed by atoms with Crippen LogP contribution in [-0.4, -0.2) is 58.4 Å². The van der Waals surface area contributed by atoms with Gasteiger partial charge in [-0.2, -0.15) is 0 Å². The fourth-order valence-electron chi connectivity index (χ4n) is 5.82. The highest BCUT2D eigenvalue weighted by molar-refractivity contribution is 5.91. The van der Waals surface area contributed by atoms with E-state index in [1.165, 1.54) is 5.01 Å². The number of hydrogen-bond acceptors (Lipinski definition) is 7. The molecule has 4 N–H and O–H groups in total. The van der Waals surface area contributed by atoms with Gasteiger partial charge in [0, 0.05) is 17.6 Å². The molecule has 0 radical (unpaired) electrons. The number of nitrogens with two attached hydrogens (primary N) is 1. The highest BCUT2D eigenvalue weighted by Gasteiger charge is 2.42. The summed E-state index contributed by atoms with van der Waals surface area (Å²) < 4.78 is 5.96. The van der Waals surface area contributed by atoms with Crippen molar-refractivity contribution < 1.29 is 23.9 Å². The van der Waals surface area contributed by atoms with Gasteiger partial charge in [0.1, 0.15) is 12.1 Å². The van der Waals surface area contributed by atoms with E-state index in [9.17, 15) is 19.2 Å². The Bertz CT molecular complexity index is 1370. The van der Waals surface area contributed by atoms with Crippen molar-refractivity contribution in [3.8, 4) is 0 Å². The molecule has 10 heteroatoms. The van der Waals surface area contributed by atoms with Crippen molar-refractivity contribution in [2.75, 3.05) is 6.54 Å². The van der Waals surface area contributed by atoms with Crippen molar-refractivity contribution in [3.05, 3.63) is 47.7 Å². The number of carbonyl (C=O) groups is 4. The summed E-state index contributed by atoms with van der Waals surface area (Å²) in [5.74, 6) is -2.20. The fraction of sp³-hybridized carbons (Fsp3) is 0.545. The summed E-state index contributed by atoms with van der Waals surface area (Å²) in [6.07, 6.45) is 8.93. The van der Waals surface area contributed by atoms with Crippen molar-refractivity contribution in [2.24, 2.45) is 17.1 Å². The number of aryl methyl sites for hydroxylation is 1. The number of amides is 3. The molecule has 0 spiro atoms. The van der Waals surface area contributed by atoms with Gasteiger partial charge >= 0.3 is 5.97 Å². The van der Waals surface area contributed by atoms with Gasteiger partial charge in [0.15, 0.2) is 6.10 Å². The van der Waals surface area contributed by atoms with Crippen LogP contribution < -0.4 is 16.5 Å². The molecule has 10 nitrogen and oxygen atoms in total. The average Bonchev–Trinajstić information content (AvgIpc) is 3.01. The fourth-order valence-corrected chi connectivity index (χ4v) is 5.82. The Morgan fingerprint density at radius 3 is 2.51 bits per heavy atom. The molecule has 1 saturated heterocycles. The minimum atomic E-state index is -1.07. The summed E-state index contributed by atoms with van der Waals surface area (Å²) in [6, 6.07) is 8.64. The third-order valence-corrected chi connectivity index (χ3v) is 8.51. The Morgan fingerprint density at radius 1 is 1.12 bits per heavy atom. The van der Waals surface area contributed by atoms with E-state index in [4.69, 9.17) is 15.5 Å². The number of nitrogens with zero attached hydrogens (tertiary/aromatic N) is 2. The van der Waals surface area contributed by atoms with Crippen molar-refractivity contribution in [2.45, 2.75) is 97.2 Å². The van der Waals surface area contributed by atoms with E-state index in [1.807, 2.05) is 50.3 Å². The summed E-state index contributed by atoms with van der Waals surface area (Å²) in [5.41, 5.74) is 10.3. The lowest BCUT2D eigenvalue weighted by Crippen LogP contribution is -2.60. The number of benzene rings is 1. The molecule has 1 aromatic carbocycles. The molecule has 3 amide bonds. The van der Waals surface area contributed by atoms with Crippen LogP contribution in [0.25, 0.3) is 17.0 Å². The Balaban J connectivity index is 1.47. The van der Waals surface area contributed by atoms with E-state index in [0.717, 1.165) is 47.8 Å². The molecule has 0 bridgehead atoms. The zero-order valence-electron chi connectivity index (χ0n) is 25.7. The number of aromatic nitrogens is 1. The zero-order chi connectivity index (χ0) is 31.1. The maximum absolute atomic E-state index is 13.8. The van der Waals surface area contributed by atoms with E-state index in [2.05, 4.69) is 23.7 Å². The number of pyridine rings is 1. The van der Waals surface area contributed by atoms with Crippen LogP contribution in [0.3, 0.4) is 0 Å². The van der Waals surface area contributed by atoms with Gasteiger partial charge in [-0.15, -0.1) is 0 Å². The first-order valence-electron chi connectivity index (χ1n) is 15.5. The van der Waals surface area contributed by atoms with Crippen LogP contribution in [0, 0.1) is 11.3 Å². The Kier molecular flexibility index (Phi) is 10.6. The number of esters is 1. The quantitative estimate of drug-likeness (QED) is 0.357. The van der Waals surface area contributed by atoms with Crippen LogP contribution in [0.2, 0.25) is 0 Å². The van der Waals surface area contributed by atoms with Gasteiger partial charge in [-0.3, -0.25) is 29.2 Å². The van der Waals surface area contributed by atoms with Crippen molar-refractivity contribution in [1.82, 2.24) is 20.7 Å². The molecule has 2 fully saturated rings. The highest BCUT2D eigenvalue weighted by atomic mass is 16.5. The second-order valence-corrected chi connectivity index (χ2v) is 12.2. The number of carbonyl (C=O) groups excluding carboxylic acids is 4. The SMILES string of the molecule is CCc1ccc2ccc(/C=C/C3(C(=O)OC(C(=O)NC(C)C(=O)N4CCCC(C(N)=O)N4)C(C)C)CCCCC3)cc2n1. The molecule has 3 unspecified atom stereocenters. The molecule has 43 heavy (non-hydrogen) atoms. The van der Waals surface area contributed by atoms with Crippen molar-refractivity contribution in [1.29, 1.82) is 0 Å². The second-order valence-electron chi connectivity index (χ2n) is 12.2. The van der Waals surface area contributed by atoms with Gasteiger partial charge in [-0.25, -0.2) is 5.43 Å². The smallest absolute Gasteiger partial charge is 0.316 e. The summed E-state index contributed by atoms with van der Waals surface area (Å²) in [4.78, 5) is 56.5. The minimum Gasteiger partial charge on any atom is -0.451 e. The third kappa shape index (κ3) is 7.79. The number of hydrogen-bond donors (Lipinski definition) is 3. The molecule has 4 rings (SSSR count). The van der Waals surface area contributed by atoms with Gasteiger partial charge in [0.25, 0.3) is 11.8 Å². The maximum atomic E-state index is 13.8. The molecular weight excluding hydrogens is 546 g/mol. The molecule has 1 aromatic heterocycles. The van der Waals surface area contributed by atoms with Gasteiger partial charge < -0.3 is 15.8 Å². The van der Waals surface area contributed by atoms with Gasteiger partial charge in [-0.1, -0.05) is 70.4 Å².